The number of carboxylic acid groups (broad SMARTS) is 1. The molecular weight excluding hydrogens is 194 g/mol. The second-order valence-corrected chi connectivity index (χ2v) is 0.519. The molecule has 1 N–H and O–H groups in total. The average Bonchev–Trinajstić information content (AvgIpc) is 0.811. The number of aliphatic carboxylic acids is 1. The third-order valence-electron chi connectivity index (χ3n) is 0. The van der Waals surface area contributed by atoms with Gasteiger partial charge >= 0.3 is 51.4 Å². The number of rotatable bonds is 0. The molecule has 0 aromatic heterocycles. The van der Waals surface area contributed by atoms with Crippen LogP contribution in [0.15, 0.2) is 0 Å². The van der Waals surface area contributed by atoms with Crippen LogP contribution in [-0.2, 0) is 21.9 Å². The van der Waals surface area contributed by atoms with E-state index in [9.17, 15) is 0 Å². The first-order chi connectivity index (χ1) is 1.73. The van der Waals surface area contributed by atoms with Crippen LogP contribution < -0.4 is 0 Å². The van der Waals surface area contributed by atoms with E-state index in [1.165, 1.54) is 0 Å². The van der Waals surface area contributed by atoms with E-state index in [1.54, 1.807) is 0 Å². The van der Waals surface area contributed by atoms with Gasteiger partial charge in [0, 0.05) is 24.0 Å². The average molecular weight is 200 g/mol. The molecular formula is C2H6ClCuKO2. The summed E-state index contributed by atoms with van der Waals surface area (Å²) < 4.78 is 0. The molecule has 0 bridgehead atoms. The Bertz CT molecular complexity index is 38.7. The summed E-state index contributed by atoms with van der Waals surface area (Å²) in [6.45, 7) is 1.08. The predicted octanol–water partition coefficient (Wildman–Crippen LogP) is -0.138. The third kappa shape index (κ3) is 75.5. The van der Waals surface area contributed by atoms with Gasteiger partial charge in [-0.15, -0.1) is 12.4 Å². The van der Waals surface area contributed by atoms with Crippen LogP contribution in [0.5, 0.6) is 0 Å². The summed E-state index contributed by atoms with van der Waals surface area (Å²) >= 11 is 0. The molecule has 45 valence electrons. The molecule has 0 aliphatic rings. The maximum atomic E-state index is 9.00. The minimum atomic E-state index is -0.833. The van der Waals surface area contributed by atoms with Crippen molar-refractivity contribution in [2.75, 3.05) is 0 Å². The van der Waals surface area contributed by atoms with E-state index >= 15 is 0 Å². The molecule has 0 rings (SSSR count). The molecule has 0 heterocycles. The molecule has 0 fully saturated rings. The van der Waals surface area contributed by atoms with Crippen LogP contribution in [0.4, 0.5) is 0 Å². The molecule has 7 heavy (non-hydrogen) atoms. The van der Waals surface area contributed by atoms with E-state index in [0.29, 0.717) is 0 Å². The summed E-state index contributed by atoms with van der Waals surface area (Å²) in [5, 5.41) is 7.42. The molecule has 0 aromatic carbocycles. The molecule has 0 aromatic rings. The molecule has 0 aliphatic carbocycles. The number of halogens is 1. The molecule has 2 nitrogen and oxygen atoms in total. The van der Waals surface area contributed by atoms with Gasteiger partial charge in [-0.3, -0.25) is 4.79 Å². The van der Waals surface area contributed by atoms with Gasteiger partial charge in [-0.05, 0) is 0 Å². The van der Waals surface area contributed by atoms with Crippen LogP contribution >= 0.6 is 12.4 Å². The van der Waals surface area contributed by atoms with Crippen LogP contribution in [-0.4, -0.2) is 62.5 Å². The van der Waals surface area contributed by atoms with E-state index in [2.05, 4.69) is 0 Å². The van der Waals surface area contributed by atoms with Gasteiger partial charge < -0.3 is 5.11 Å². The fourth-order valence-corrected chi connectivity index (χ4v) is 0. The van der Waals surface area contributed by atoms with Gasteiger partial charge in [0.05, 0.1) is 0 Å². The van der Waals surface area contributed by atoms with Crippen molar-refractivity contribution in [3.05, 3.63) is 0 Å². The van der Waals surface area contributed by atoms with Crippen LogP contribution in [0, 0.1) is 0 Å². The minimum absolute atomic E-state index is 0. The van der Waals surface area contributed by atoms with Crippen molar-refractivity contribution < 1.29 is 27.0 Å². The molecule has 0 spiro atoms. The first kappa shape index (κ1) is 23.1. The Hall–Kier alpha value is 1.92. The Morgan fingerprint density at radius 1 is 1.57 bits per heavy atom. The van der Waals surface area contributed by atoms with Crippen molar-refractivity contribution in [2.24, 2.45) is 0 Å². The zero-order valence-electron chi connectivity index (χ0n) is 3.07. The van der Waals surface area contributed by atoms with Gasteiger partial charge in [0.2, 0.25) is 0 Å². The van der Waals surface area contributed by atoms with Gasteiger partial charge in [0.25, 0.3) is 5.97 Å². The molecule has 1 radical (unpaired) electrons. The summed E-state index contributed by atoms with van der Waals surface area (Å²) in [6, 6.07) is 0. The maximum absolute atomic E-state index is 9.00. The zero-order valence-corrected chi connectivity index (χ0v) is 4.82. The molecule has 0 atom stereocenters. The number of carboxylic acids is 1. The molecule has 0 saturated carbocycles. The third-order valence-corrected chi connectivity index (χ3v) is 0. The second-order valence-electron chi connectivity index (χ2n) is 0.519. The van der Waals surface area contributed by atoms with Gasteiger partial charge in [0.15, 0.2) is 0 Å². The Kier molecular flexibility index (Phi) is 51.7. The first-order valence-corrected chi connectivity index (χ1v) is 0.928. The van der Waals surface area contributed by atoms with E-state index in [0.717, 1.165) is 6.92 Å². The van der Waals surface area contributed by atoms with Crippen molar-refractivity contribution in [2.45, 2.75) is 6.92 Å². The zero-order chi connectivity index (χ0) is 3.58. The quantitative estimate of drug-likeness (QED) is 0.553. The van der Waals surface area contributed by atoms with Crippen molar-refractivity contribution in [1.82, 2.24) is 0 Å². The predicted molar refractivity (Wildman–Crippen MR) is 27.7 cm³/mol. The molecule has 0 unspecified atom stereocenters. The van der Waals surface area contributed by atoms with Gasteiger partial charge in [-0.25, -0.2) is 0 Å². The Morgan fingerprint density at radius 3 is 1.57 bits per heavy atom. The van der Waals surface area contributed by atoms with Gasteiger partial charge in [-0.1, -0.05) is 0 Å². The summed E-state index contributed by atoms with van der Waals surface area (Å²) in [7, 11) is 0. The van der Waals surface area contributed by atoms with Gasteiger partial charge in [-0.2, -0.15) is 0 Å². The van der Waals surface area contributed by atoms with Crippen LogP contribution in [0.3, 0.4) is 0 Å². The van der Waals surface area contributed by atoms with Gasteiger partial charge in [0.1, 0.15) is 0 Å². The summed E-state index contributed by atoms with van der Waals surface area (Å²) in [6.07, 6.45) is 0. The second kappa shape index (κ2) is 15.7. The van der Waals surface area contributed by atoms with E-state index in [1.807, 2.05) is 0 Å². The van der Waals surface area contributed by atoms with E-state index in [-0.39, 0.29) is 80.9 Å². The number of carbonyl (C=O) groups is 1. The number of hydrogen-bond acceptors (Lipinski definition) is 1. The van der Waals surface area contributed by atoms with E-state index in [4.69, 9.17) is 9.90 Å². The van der Waals surface area contributed by atoms with E-state index < -0.39 is 5.97 Å². The fraction of sp³-hybridized carbons (Fsp3) is 0.500. The van der Waals surface area contributed by atoms with Crippen molar-refractivity contribution >= 4 is 69.8 Å². The SMILES string of the molecule is CC(=O)O.Cl.[Cu].[KH]. The normalized spacial score (nSPS) is 3.57. The van der Waals surface area contributed by atoms with Crippen LogP contribution in [0.25, 0.3) is 0 Å². The summed E-state index contributed by atoms with van der Waals surface area (Å²) in [4.78, 5) is 9.00. The molecule has 5 heteroatoms. The molecule has 0 amide bonds. The monoisotopic (exact) mass is 199 g/mol. The summed E-state index contributed by atoms with van der Waals surface area (Å²) in [5.74, 6) is -0.833. The Morgan fingerprint density at radius 2 is 1.57 bits per heavy atom. The van der Waals surface area contributed by atoms with Crippen molar-refractivity contribution in [3.63, 3.8) is 0 Å². The molecule has 0 aliphatic heterocycles. The molecule has 0 saturated heterocycles. The summed E-state index contributed by atoms with van der Waals surface area (Å²) in [5.41, 5.74) is 0. The standard InChI is InChI=1S/C2H4O2.ClH.Cu.K.H/c1-2(3)4;;;;/h1H3,(H,3,4);1H;;;. The van der Waals surface area contributed by atoms with Crippen LogP contribution in [0.2, 0.25) is 0 Å². The first-order valence-electron chi connectivity index (χ1n) is 0.928. The topological polar surface area (TPSA) is 37.3 Å². The van der Waals surface area contributed by atoms with Crippen molar-refractivity contribution in [3.8, 4) is 0 Å². The Balaban J connectivity index is -0.0000000150. The van der Waals surface area contributed by atoms with Crippen LogP contribution in [0.1, 0.15) is 6.92 Å². The fourth-order valence-electron chi connectivity index (χ4n) is 0. The number of hydrogen-bond donors (Lipinski definition) is 1. The van der Waals surface area contributed by atoms with Crippen molar-refractivity contribution in [1.29, 1.82) is 0 Å². The Labute approximate surface area is 102 Å².